The fourth-order valence-electron chi connectivity index (χ4n) is 5.62. The molecule has 39 heavy (non-hydrogen) atoms. The molecule has 5 rings (SSSR count). The Balaban J connectivity index is 1.33. The number of halogens is 3. The van der Waals surface area contributed by atoms with E-state index in [0.717, 1.165) is 37.3 Å². The van der Waals surface area contributed by atoms with Crippen LogP contribution in [-0.2, 0) is 13.1 Å². The number of hydrogen-bond acceptors (Lipinski definition) is 7. The summed E-state index contributed by atoms with van der Waals surface area (Å²) in [6.07, 6.45) is 5.14. The van der Waals surface area contributed by atoms with Gasteiger partial charge in [0.2, 0.25) is 0 Å². The molecule has 0 bridgehead atoms. The molecular formula is C29H32F3N7. The van der Waals surface area contributed by atoms with Crippen molar-refractivity contribution in [3.63, 3.8) is 0 Å². The average molecular weight is 536 g/mol. The van der Waals surface area contributed by atoms with Gasteiger partial charge in [-0.05, 0) is 61.2 Å². The second-order valence-electron chi connectivity index (χ2n) is 10.7. The van der Waals surface area contributed by atoms with Crippen LogP contribution in [0.15, 0.2) is 42.7 Å². The minimum absolute atomic E-state index is 0.0719. The zero-order chi connectivity index (χ0) is 27.5. The molecule has 0 aliphatic carbocycles. The molecule has 3 aromatic rings. The first-order valence-corrected chi connectivity index (χ1v) is 13.2. The van der Waals surface area contributed by atoms with Gasteiger partial charge in [-0.1, -0.05) is 6.92 Å². The highest BCUT2D eigenvalue weighted by atomic mass is 19.1. The van der Waals surface area contributed by atoms with Crippen molar-refractivity contribution in [1.82, 2.24) is 14.9 Å². The Morgan fingerprint density at radius 3 is 2.62 bits per heavy atom. The SMILES string of the molecule is C[C@@H]1C[C@H](N)CN(c2ccncc2NCc2ccc(F)c(-c3c(F)cc(CN4CCC(C#N)C4)cc3F)n2)C1. The molecule has 0 amide bonds. The number of benzene rings is 1. The van der Waals surface area contributed by atoms with E-state index in [1.165, 1.54) is 24.3 Å². The van der Waals surface area contributed by atoms with Crippen molar-refractivity contribution >= 4 is 11.4 Å². The molecule has 0 spiro atoms. The number of likely N-dealkylation sites (tertiary alicyclic amines) is 1. The van der Waals surface area contributed by atoms with E-state index in [-0.39, 0.29) is 24.2 Å². The molecule has 3 atom stereocenters. The monoisotopic (exact) mass is 535 g/mol. The van der Waals surface area contributed by atoms with Crippen LogP contribution in [0.4, 0.5) is 24.5 Å². The van der Waals surface area contributed by atoms with Gasteiger partial charge < -0.3 is 16.0 Å². The van der Waals surface area contributed by atoms with Crippen LogP contribution >= 0.6 is 0 Å². The lowest BCUT2D eigenvalue weighted by atomic mass is 9.96. The normalized spacial score (nSPS) is 21.6. The van der Waals surface area contributed by atoms with Gasteiger partial charge in [-0.2, -0.15) is 5.26 Å². The summed E-state index contributed by atoms with van der Waals surface area (Å²) in [7, 11) is 0. The number of nitrogens with zero attached hydrogens (tertiary/aromatic N) is 5. The van der Waals surface area contributed by atoms with Crippen LogP contribution in [0.25, 0.3) is 11.3 Å². The molecule has 0 radical (unpaired) electrons. The molecule has 2 fully saturated rings. The largest absolute Gasteiger partial charge is 0.376 e. The van der Waals surface area contributed by atoms with Gasteiger partial charge in [0, 0.05) is 38.4 Å². The van der Waals surface area contributed by atoms with E-state index in [1.54, 1.807) is 12.4 Å². The summed E-state index contributed by atoms with van der Waals surface area (Å²) in [5.41, 5.74) is 7.96. The lowest BCUT2D eigenvalue weighted by Gasteiger charge is -2.37. The number of anilines is 2. The Morgan fingerprint density at radius 1 is 1.10 bits per heavy atom. The highest BCUT2D eigenvalue weighted by Crippen LogP contribution is 2.31. The first-order chi connectivity index (χ1) is 18.8. The third-order valence-corrected chi connectivity index (χ3v) is 7.39. The summed E-state index contributed by atoms with van der Waals surface area (Å²) >= 11 is 0. The predicted octanol–water partition coefficient (Wildman–Crippen LogP) is 4.69. The number of nitrogens with one attached hydrogen (secondary N) is 1. The number of piperidine rings is 1. The second kappa shape index (κ2) is 11.6. The quantitative estimate of drug-likeness (QED) is 0.453. The summed E-state index contributed by atoms with van der Waals surface area (Å²) in [6, 6.07) is 9.34. The summed E-state index contributed by atoms with van der Waals surface area (Å²) in [6.45, 7) is 5.55. The first-order valence-electron chi connectivity index (χ1n) is 13.2. The van der Waals surface area contributed by atoms with Crippen LogP contribution in [0.3, 0.4) is 0 Å². The van der Waals surface area contributed by atoms with Gasteiger partial charge in [-0.25, -0.2) is 18.2 Å². The molecule has 10 heteroatoms. The van der Waals surface area contributed by atoms with E-state index in [1.807, 2.05) is 11.0 Å². The molecule has 2 aliphatic heterocycles. The maximum atomic E-state index is 15.1. The summed E-state index contributed by atoms with van der Waals surface area (Å²) in [5, 5.41) is 12.4. The Labute approximate surface area is 226 Å². The molecule has 2 aliphatic rings. The van der Waals surface area contributed by atoms with Crippen molar-refractivity contribution in [1.29, 1.82) is 5.26 Å². The molecular weight excluding hydrogens is 503 g/mol. The standard InChI is InChI=1S/C29H32F3N7/c1-18-8-21(34)17-39(14-18)27-4-6-35-13-26(27)36-12-22-2-3-23(30)29(37-22)28-24(31)9-20(10-25(28)32)16-38-7-5-19(11-33)15-38/h2-4,6,9-10,13,18-19,21,36H,5,7-8,12,14-17,34H2,1H3/t18-,19?,21+/m1/s1. The molecule has 3 N–H and O–H groups in total. The van der Waals surface area contributed by atoms with Crippen LogP contribution in [0.5, 0.6) is 0 Å². The van der Waals surface area contributed by atoms with E-state index in [4.69, 9.17) is 11.0 Å². The number of rotatable bonds is 7. The minimum atomic E-state index is -0.873. The summed E-state index contributed by atoms with van der Waals surface area (Å²) in [4.78, 5) is 12.7. The van der Waals surface area contributed by atoms with Crippen LogP contribution in [0.2, 0.25) is 0 Å². The molecule has 0 saturated carbocycles. The van der Waals surface area contributed by atoms with Gasteiger partial charge in [-0.15, -0.1) is 0 Å². The molecule has 7 nitrogen and oxygen atoms in total. The van der Waals surface area contributed by atoms with E-state index in [0.29, 0.717) is 36.8 Å². The molecule has 204 valence electrons. The zero-order valence-electron chi connectivity index (χ0n) is 21.9. The Morgan fingerprint density at radius 2 is 1.90 bits per heavy atom. The van der Waals surface area contributed by atoms with Gasteiger partial charge >= 0.3 is 0 Å². The highest BCUT2D eigenvalue weighted by molar-refractivity contribution is 5.69. The molecule has 1 unspecified atom stereocenters. The Hall–Kier alpha value is -3.68. The summed E-state index contributed by atoms with van der Waals surface area (Å²) < 4.78 is 45.1. The smallest absolute Gasteiger partial charge is 0.149 e. The van der Waals surface area contributed by atoms with Crippen molar-refractivity contribution in [3.8, 4) is 17.3 Å². The number of aromatic nitrogens is 2. The van der Waals surface area contributed by atoms with Gasteiger partial charge in [-0.3, -0.25) is 9.88 Å². The average Bonchev–Trinajstić information content (AvgIpc) is 3.35. The number of hydrogen-bond donors (Lipinski definition) is 2. The van der Waals surface area contributed by atoms with Gasteiger partial charge in [0.15, 0.2) is 0 Å². The van der Waals surface area contributed by atoms with Crippen molar-refractivity contribution < 1.29 is 13.2 Å². The van der Waals surface area contributed by atoms with Crippen molar-refractivity contribution in [3.05, 3.63) is 71.4 Å². The molecule has 2 aromatic heterocycles. The number of pyridine rings is 2. The van der Waals surface area contributed by atoms with Crippen LogP contribution in [-0.4, -0.2) is 47.1 Å². The summed E-state index contributed by atoms with van der Waals surface area (Å²) in [5.74, 6) is -2.17. The van der Waals surface area contributed by atoms with Crippen molar-refractivity contribution in [2.24, 2.45) is 17.6 Å². The predicted molar refractivity (Wildman–Crippen MR) is 144 cm³/mol. The van der Waals surface area contributed by atoms with Crippen LogP contribution < -0.4 is 16.0 Å². The van der Waals surface area contributed by atoms with Crippen LogP contribution in [0.1, 0.15) is 31.0 Å². The van der Waals surface area contributed by atoms with E-state index in [2.05, 4.69) is 33.2 Å². The fraction of sp³-hybridized carbons (Fsp3) is 0.414. The Bertz CT molecular complexity index is 1340. The van der Waals surface area contributed by atoms with E-state index in [9.17, 15) is 4.39 Å². The lowest BCUT2D eigenvalue weighted by molar-refractivity contribution is 0.324. The maximum Gasteiger partial charge on any atom is 0.149 e. The van der Waals surface area contributed by atoms with Gasteiger partial charge in [0.25, 0.3) is 0 Å². The maximum absolute atomic E-state index is 15.1. The number of nitriles is 1. The first kappa shape index (κ1) is 26.9. The van der Waals surface area contributed by atoms with E-state index < -0.39 is 23.0 Å². The Kier molecular flexibility index (Phi) is 8.00. The molecule has 4 heterocycles. The fourth-order valence-corrected chi connectivity index (χ4v) is 5.62. The van der Waals surface area contributed by atoms with Crippen molar-refractivity contribution in [2.75, 3.05) is 36.4 Å². The zero-order valence-corrected chi connectivity index (χ0v) is 21.9. The minimum Gasteiger partial charge on any atom is -0.376 e. The topological polar surface area (TPSA) is 94.1 Å². The lowest BCUT2D eigenvalue weighted by Crippen LogP contribution is -2.46. The van der Waals surface area contributed by atoms with Gasteiger partial charge in [0.1, 0.15) is 23.1 Å². The third-order valence-electron chi connectivity index (χ3n) is 7.39. The van der Waals surface area contributed by atoms with Crippen LogP contribution in [0, 0.1) is 40.6 Å². The van der Waals surface area contributed by atoms with E-state index >= 15 is 8.78 Å². The second-order valence-corrected chi connectivity index (χ2v) is 10.7. The molecule has 2 saturated heterocycles. The van der Waals surface area contributed by atoms with Crippen molar-refractivity contribution in [2.45, 2.75) is 38.9 Å². The third kappa shape index (κ3) is 6.15. The van der Waals surface area contributed by atoms with Gasteiger partial charge in [0.05, 0.1) is 47.4 Å². The number of nitrogens with two attached hydrogens (primary N) is 1. The molecule has 1 aromatic carbocycles. The highest BCUT2D eigenvalue weighted by Gasteiger charge is 2.25.